The van der Waals surface area contributed by atoms with Crippen molar-refractivity contribution >= 4 is 46.5 Å². The van der Waals surface area contributed by atoms with Crippen molar-refractivity contribution in [2.45, 2.75) is 75.6 Å². The Hall–Kier alpha value is -5.46. The van der Waals surface area contributed by atoms with Gasteiger partial charge in [0.05, 0.1) is 30.2 Å². The molecule has 0 radical (unpaired) electrons. The Morgan fingerprint density at radius 2 is 1.45 bits per heavy atom. The lowest BCUT2D eigenvalue weighted by Gasteiger charge is -2.36. The molecule has 11 heteroatoms. The molecule has 1 aliphatic heterocycles. The zero-order valence-electron chi connectivity index (χ0n) is 31.4. The first-order chi connectivity index (χ1) is 27.2. The van der Waals surface area contributed by atoms with E-state index in [1.54, 1.807) is 23.9 Å². The van der Waals surface area contributed by atoms with Crippen molar-refractivity contribution < 1.29 is 29.0 Å². The van der Waals surface area contributed by atoms with Crippen LogP contribution in [0.1, 0.15) is 73.7 Å². The third-order valence-electron chi connectivity index (χ3n) is 9.51. The number of para-hydroxylation sites is 2. The normalized spacial score (nSPS) is 16.5. The van der Waals surface area contributed by atoms with Crippen LogP contribution in [0.15, 0.2) is 126 Å². The molecule has 1 aliphatic rings. The lowest BCUT2D eigenvalue weighted by Crippen LogP contribution is -2.31. The molecule has 1 fully saturated rings. The largest absolute Gasteiger partial charge is 0.397 e. The molecular weight excluding hydrogens is 725 g/mol. The van der Waals surface area contributed by atoms with Crippen molar-refractivity contribution in [3.8, 4) is 11.1 Å². The smallest absolute Gasteiger partial charge is 0.224 e. The molecule has 6 rings (SSSR count). The fourth-order valence-corrected chi connectivity index (χ4v) is 7.42. The van der Waals surface area contributed by atoms with Crippen LogP contribution in [0.25, 0.3) is 11.1 Å². The summed E-state index contributed by atoms with van der Waals surface area (Å²) in [6, 6.07) is 38.9. The number of carbonyl (C=O) groups excluding carboxylic acids is 3. The molecule has 0 unspecified atom stereocenters. The maximum absolute atomic E-state index is 12.7. The van der Waals surface area contributed by atoms with Gasteiger partial charge in [-0.3, -0.25) is 14.4 Å². The number of aliphatic hydroxyl groups is 1. The summed E-state index contributed by atoms with van der Waals surface area (Å²) in [5.41, 5.74) is 13.6. The predicted molar refractivity (Wildman–Crippen MR) is 222 cm³/mol. The fraction of sp³-hybridized carbons (Fsp3) is 0.267. The second kappa shape index (κ2) is 19.9. The van der Waals surface area contributed by atoms with Crippen molar-refractivity contribution in [3.05, 3.63) is 144 Å². The van der Waals surface area contributed by atoms with Crippen LogP contribution in [0.5, 0.6) is 0 Å². The predicted octanol–water partition coefficient (Wildman–Crippen LogP) is 8.54. The number of hydrogen-bond donors (Lipinski definition) is 5. The van der Waals surface area contributed by atoms with Crippen molar-refractivity contribution in [2.24, 2.45) is 0 Å². The van der Waals surface area contributed by atoms with Crippen LogP contribution < -0.4 is 21.7 Å². The molecule has 0 aromatic heterocycles. The van der Waals surface area contributed by atoms with Gasteiger partial charge in [0.25, 0.3) is 0 Å². The first kappa shape index (κ1) is 40.2. The number of aliphatic hydroxyl groups excluding tert-OH is 1. The van der Waals surface area contributed by atoms with Gasteiger partial charge in [0.2, 0.25) is 17.7 Å². The van der Waals surface area contributed by atoms with Crippen molar-refractivity contribution in [3.63, 3.8) is 0 Å². The van der Waals surface area contributed by atoms with Crippen molar-refractivity contribution in [1.29, 1.82) is 0 Å². The van der Waals surface area contributed by atoms with Gasteiger partial charge in [-0.05, 0) is 77.1 Å². The highest BCUT2D eigenvalue weighted by molar-refractivity contribution is 7.99. The quantitative estimate of drug-likeness (QED) is 0.0380. The molecular formula is C45H48N4O6S. The lowest BCUT2D eigenvalue weighted by molar-refractivity contribution is -0.245. The van der Waals surface area contributed by atoms with Gasteiger partial charge in [-0.15, -0.1) is 11.8 Å². The number of unbranched alkanes of at least 4 members (excludes halogenated alkanes) is 1. The van der Waals surface area contributed by atoms with E-state index in [-0.39, 0.29) is 36.5 Å². The van der Waals surface area contributed by atoms with Gasteiger partial charge >= 0.3 is 0 Å². The molecule has 0 saturated carbocycles. The molecule has 3 atom stereocenters. The van der Waals surface area contributed by atoms with Crippen molar-refractivity contribution in [1.82, 2.24) is 5.32 Å². The number of nitrogens with one attached hydrogen (secondary N) is 3. The van der Waals surface area contributed by atoms with E-state index in [9.17, 15) is 19.5 Å². The van der Waals surface area contributed by atoms with E-state index in [1.165, 1.54) is 6.92 Å². The minimum Gasteiger partial charge on any atom is -0.397 e. The molecule has 5 aromatic rings. The Labute approximate surface area is 332 Å². The van der Waals surface area contributed by atoms with Gasteiger partial charge in [-0.2, -0.15) is 0 Å². The monoisotopic (exact) mass is 772 g/mol. The van der Waals surface area contributed by atoms with E-state index in [0.717, 1.165) is 44.0 Å². The third-order valence-corrected chi connectivity index (χ3v) is 10.6. The summed E-state index contributed by atoms with van der Waals surface area (Å²) in [5, 5.41) is 18.2. The summed E-state index contributed by atoms with van der Waals surface area (Å²) in [7, 11) is 0. The number of rotatable bonds is 16. The highest BCUT2D eigenvalue weighted by atomic mass is 32.2. The number of anilines is 3. The molecule has 0 spiro atoms. The van der Waals surface area contributed by atoms with Crippen LogP contribution in [0.2, 0.25) is 0 Å². The first-order valence-corrected chi connectivity index (χ1v) is 19.8. The van der Waals surface area contributed by atoms with Gasteiger partial charge < -0.3 is 36.3 Å². The molecule has 6 N–H and O–H groups in total. The summed E-state index contributed by atoms with van der Waals surface area (Å²) >= 11 is 1.69. The van der Waals surface area contributed by atoms with E-state index in [4.69, 9.17) is 15.2 Å². The molecule has 1 saturated heterocycles. The molecule has 5 aromatic carbocycles. The molecule has 10 nitrogen and oxygen atoms in total. The van der Waals surface area contributed by atoms with Gasteiger partial charge in [0.1, 0.15) is 0 Å². The summed E-state index contributed by atoms with van der Waals surface area (Å²) < 4.78 is 13.1. The average Bonchev–Trinajstić information content (AvgIpc) is 3.22. The number of carbonyl (C=O) groups is 3. The van der Waals surface area contributed by atoms with Crippen LogP contribution in [-0.4, -0.2) is 34.7 Å². The minimum atomic E-state index is -0.592. The van der Waals surface area contributed by atoms with Crippen LogP contribution in [0.4, 0.5) is 17.1 Å². The van der Waals surface area contributed by atoms with Crippen LogP contribution in [0.3, 0.4) is 0 Å². The Morgan fingerprint density at radius 3 is 2.16 bits per heavy atom. The van der Waals surface area contributed by atoms with E-state index in [1.807, 2.05) is 97.1 Å². The maximum Gasteiger partial charge on any atom is 0.224 e. The second-order valence-electron chi connectivity index (χ2n) is 13.8. The summed E-state index contributed by atoms with van der Waals surface area (Å²) in [6.45, 7) is 1.85. The number of nitrogen functional groups attached to an aromatic ring is 1. The zero-order chi connectivity index (χ0) is 39.3. The third kappa shape index (κ3) is 11.5. The SMILES string of the molecule is CC(=O)Nc1ccc(SC[C@H]2C[C@@H](c3ccc(CO)cc3)O[C@@H](c3ccc(-c4ccccc4CNC(=O)CCCCC(=O)Nc4ccccc4N)cc3)O2)cc1. The average molecular weight is 773 g/mol. The molecule has 1 heterocycles. The molecule has 290 valence electrons. The molecule has 56 heavy (non-hydrogen) atoms. The summed E-state index contributed by atoms with van der Waals surface area (Å²) in [6.07, 6.45) is 1.60. The fourth-order valence-electron chi connectivity index (χ4n) is 6.50. The summed E-state index contributed by atoms with van der Waals surface area (Å²) in [5.74, 6) is 0.413. The zero-order valence-corrected chi connectivity index (χ0v) is 32.2. The molecule has 0 bridgehead atoms. The Morgan fingerprint density at radius 1 is 0.768 bits per heavy atom. The van der Waals surface area contributed by atoms with E-state index in [2.05, 4.69) is 28.1 Å². The van der Waals surface area contributed by atoms with E-state index in [0.29, 0.717) is 55.8 Å². The molecule has 0 aliphatic carbocycles. The standard InChI is InChI=1S/C45H48N4O6S/c1-30(51)48-36-22-24-38(25-23-36)56-29-37-26-42(33-16-14-31(28-50)15-17-33)55-45(54-37)34-20-18-32(19-21-34)39-9-3-2-8-35(39)27-47-43(52)12-6-7-13-44(53)49-41-11-5-4-10-40(41)46/h2-5,8-11,14-25,37,42,45,50H,6-7,12-13,26-29,46H2,1H3,(H,47,52)(H,48,51)(H,49,53)/t37-,42+,45+/m1/s1. The van der Waals surface area contributed by atoms with Crippen LogP contribution in [0, 0.1) is 0 Å². The Bertz CT molecular complexity index is 2070. The van der Waals surface area contributed by atoms with Crippen LogP contribution >= 0.6 is 11.8 Å². The minimum absolute atomic E-state index is 0.0205. The lowest BCUT2D eigenvalue weighted by atomic mass is 9.97. The number of nitrogens with two attached hydrogens (primary N) is 1. The number of benzene rings is 5. The number of hydrogen-bond acceptors (Lipinski definition) is 8. The Balaban J connectivity index is 1.05. The number of ether oxygens (including phenoxy) is 2. The Kier molecular flexibility index (Phi) is 14.3. The second-order valence-corrected chi connectivity index (χ2v) is 14.9. The maximum atomic E-state index is 12.7. The topological polar surface area (TPSA) is 152 Å². The first-order valence-electron chi connectivity index (χ1n) is 18.8. The number of amides is 3. The van der Waals surface area contributed by atoms with Gasteiger partial charge in [0, 0.05) is 54.6 Å². The van der Waals surface area contributed by atoms with E-state index < -0.39 is 6.29 Å². The highest BCUT2D eigenvalue weighted by Gasteiger charge is 2.32. The molecule has 3 amide bonds. The number of thioether (sulfide) groups is 1. The van der Waals surface area contributed by atoms with Crippen LogP contribution in [-0.2, 0) is 37.0 Å². The highest BCUT2D eigenvalue weighted by Crippen LogP contribution is 2.40. The summed E-state index contributed by atoms with van der Waals surface area (Å²) in [4.78, 5) is 37.6. The van der Waals surface area contributed by atoms with E-state index >= 15 is 0 Å². The van der Waals surface area contributed by atoms with Gasteiger partial charge in [0.15, 0.2) is 6.29 Å². The van der Waals surface area contributed by atoms with Crippen molar-refractivity contribution in [2.75, 3.05) is 22.1 Å². The van der Waals surface area contributed by atoms with Gasteiger partial charge in [-0.1, -0.05) is 84.9 Å². The van der Waals surface area contributed by atoms with Gasteiger partial charge in [-0.25, -0.2) is 0 Å².